The lowest BCUT2D eigenvalue weighted by Gasteiger charge is -2.15. The van der Waals surface area contributed by atoms with E-state index in [-0.39, 0.29) is 22.0 Å². The molecule has 0 saturated carbocycles. The molecule has 1 N–H and O–H groups in total. The van der Waals surface area contributed by atoms with E-state index in [4.69, 9.17) is 4.74 Å². The molecule has 154 valence electrons. The van der Waals surface area contributed by atoms with Crippen LogP contribution in [0.5, 0.6) is 5.88 Å². The zero-order valence-electron chi connectivity index (χ0n) is 16.9. The zero-order chi connectivity index (χ0) is 21.6. The number of rotatable bonds is 8. The lowest BCUT2D eigenvalue weighted by atomic mass is 10.1. The predicted molar refractivity (Wildman–Crippen MR) is 117 cm³/mol. The van der Waals surface area contributed by atoms with Crippen LogP contribution in [0.3, 0.4) is 0 Å². The average molecular weight is 422 g/mol. The number of pyridine rings is 1. The standard InChI is InChI=1S/C23H23N3O3S/c1-3-4-13-29-23-19(16-24)15-21(22(25-23)18-10-8-9-17(2)14-18)26-30(27,28)20-11-6-5-7-12-20/h5-12,14-15,26H,3-4,13H2,1-2H3. The van der Waals surface area contributed by atoms with Crippen molar-refractivity contribution in [2.24, 2.45) is 0 Å². The highest BCUT2D eigenvalue weighted by atomic mass is 32.2. The van der Waals surface area contributed by atoms with E-state index in [1.165, 1.54) is 18.2 Å². The maximum atomic E-state index is 12.9. The average Bonchev–Trinajstić information content (AvgIpc) is 2.75. The number of hydrogen-bond donors (Lipinski definition) is 1. The summed E-state index contributed by atoms with van der Waals surface area (Å²) in [5, 5.41) is 9.57. The molecule has 2 aromatic carbocycles. The first-order chi connectivity index (χ1) is 14.4. The topological polar surface area (TPSA) is 92.1 Å². The molecule has 0 aliphatic carbocycles. The molecule has 0 amide bonds. The van der Waals surface area contributed by atoms with Crippen LogP contribution in [0.15, 0.2) is 65.6 Å². The summed E-state index contributed by atoms with van der Waals surface area (Å²) < 4.78 is 34.1. The van der Waals surface area contributed by atoms with Gasteiger partial charge in [0.25, 0.3) is 10.0 Å². The normalized spacial score (nSPS) is 11.0. The van der Waals surface area contributed by atoms with Gasteiger partial charge in [-0.25, -0.2) is 13.4 Å². The molecular weight excluding hydrogens is 398 g/mol. The van der Waals surface area contributed by atoms with Crippen LogP contribution in [-0.2, 0) is 10.0 Å². The first-order valence-corrected chi connectivity index (χ1v) is 11.2. The molecule has 0 fully saturated rings. The van der Waals surface area contributed by atoms with Crippen molar-refractivity contribution >= 4 is 15.7 Å². The SMILES string of the molecule is CCCCOc1nc(-c2cccc(C)c2)c(NS(=O)(=O)c2ccccc2)cc1C#N. The smallest absolute Gasteiger partial charge is 0.261 e. The lowest BCUT2D eigenvalue weighted by Crippen LogP contribution is -2.14. The monoisotopic (exact) mass is 421 g/mol. The third kappa shape index (κ3) is 4.97. The van der Waals surface area contributed by atoms with E-state index in [1.54, 1.807) is 18.2 Å². The van der Waals surface area contributed by atoms with Gasteiger partial charge in [-0.05, 0) is 37.6 Å². The van der Waals surface area contributed by atoms with Crippen molar-refractivity contribution in [3.8, 4) is 23.2 Å². The molecule has 0 aliphatic heterocycles. The van der Waals surface area contributed by atoms with E-state index in [2.05, 4.69) is 15.8 Å². The highest BCUT2D eigenvalue weighted by Gasteiger charge is 2.20. The Bertz CT molecular complexity index is 1170. The number of nitrogens with one attached hydrogen (secondary N) is 1. The summed E-state index contributed by atoms with van der Waals surface area (Å²) in [7, 11) is -3.85. The van der Waals surface area contributed by atoms with Crippen molar-refractivity contribution in [2.75, 3.05) is 11.3 Å². The fourth-order valence-electron chi connectivity index (χ4n) is 2.89. The first kappa shape index (κ1) is 21.3. The minimum atomic E-state index is -3.85. The summed E-state index contributed by atoms with van der Waals surface area (Å²) in [6.45, 7) is 4.42. The van der Waals surface area contributed by atoms with Gasteiger partial charge in [-0.15, -0.1) is 0 Å². The van der Waals surface area contributed by atoms with E-state index in [0.29, 0.717) is 12.3 Å². The second-order valence-electron chi connectivity index (χ2n) is 6.84. The second kappa shape index (κ2) is 9.42. The molecule has 0 bridgehead atoms. The third-order valence-corrected chi connectivity index (χ3v) is 5.82. The molecule has 3 rings (SSSR count). The van der Waals surface area contributed by atoms with Gasteiger partial charge in [-0.2, -0.15) is 5.26 Å². The molecule has 0 saturated heterocycles. The molecule has 30 heavy (non-hydrogen) atoms. The van der Waals surface area contributed by atoms with Crippen LogP contribution in [0.2, 0.25) is 0 Å². The number of benzene rings is 2. The minimum absolute atomic E-state index is 0.127. The van der Waals surface area contributed by atoms with Gasteiger partial charge in [0.1, 0.15) is 11.6 Å². The molecular formula is C23H23N3O3S. The Morgan fingerprint density at radius 2 is 1.87 bits per heavy atom. The predicted octanol–water partition coefficient (Wildman–Crippen LogP) is 4.91. The quantitative estimate of drug-likeness (QED) is 0.522. The van der Waals surface area contributed by atoms with Crippen LogP contribution in [0.4, 0.5) is 5.69 Å². The number of hydrogen-bond acceptors (Lipinski definition) is 5. The van der Waals surface area contributed by atoms with Gasteiger partial charge < -0.3 is 4.74 Å². The van der Waals surface area contributed by atoms with Crippen LogP contribution in [-0.4, -0.2) is 20.0 Å². The van der Waals surface area contributed by atoms with Crippen LogP contribution in [0.25, 0.3) is 11.3 Å². The summed E-state index contributed by atoms with van der Waals surface area (Å²) in [5.74, 6) is 0.199. The van der Waals surface area contributed by atoms with Gasteiger partial charge >= 0.3 is 0 Å². The van der Waals surface area contributed by atoms with Crippen LogP contribution in [0.1, 0.15) is 30.9 Å². The van der Waals surface area contributed by atoms with Crippen molar-refractivity contribution in [1.29, 1.82) is 5.26 Å². The van der Waals surface area contributed by atoms with Gasteiger partial charge in [0, 0.05) is 5.56 Å². The van der Waals surface area contributed by atoms with Gasteiger partial charge in [0.2, 0.25) is 5.88 Å². The van der Waals surface area contributed by atoms with Crippen molar-refractivity contribution < 1.29 is 13.2 Å². The van der Waals surface area contributed by atoms with Gasteiger partial charge in [0.05, 0.1) is 22.9 Å². The molecule has 0 atom stereocenters. The summed E-state index contributed by atoms with van der Waals surface area (Å²) in [6.07, 6.45) is 1.77. The Kier molecular flexibility index (Phi) is 6.70. The van der Waals surface area contributed by atoms with E-state index < -0.39 is 10.0 Å². The number of anilines is 1. The number of aryl methyl sites for hydroxylation is 1. The molecule has 0 aliphatic rings. The summed E-state index contributed by atoms with van der Waals surface area (Å²) in [5.41, 5.74) is 2.54. The maximum Gasteiger partial charge on any atom is 0.261 e. The Labute approximate surface area is 177 Å². The van der Waals surface area contributed by atoms with Crippen LogP contribution in [0, 0.1) is 18.3 Å². The zero-order valence-corrected chi connectivity index (χ0v) is 17.7. The molecule has 0 unspecified atom stereocenters. The first-order valence-electron chi connectivity index (χ1n) is 9.67. The number of aromatic nitrogens is 1. The van der Waals surface area contributed by atoms with Gasteiger partial charge in [0.15, 0.2) is 0 Å². The number of ether oxygens (including phenoxy) is 1. The molecule has 1 heterocycles. The summed E-state index contributed by atoms with van der Waals surface area (Å²) in [6, 6.07) is 19.2. The van der Waals surface area contributed by atoms with Gasteiger partial charge in [-0.1, -0.05) is 55.3 Å². The van der Waals surface area contributed by atoms with Crippen molar-refractivity contribution in [1.82, 2.24) is 4.98 Å². The van der Waals surface area contributed by atoms with Crippen LogP contribution < -0.4 is 9.46 Å². The summed E-state index contributed by atoms with van der Waals surface area (Å²) in [4.78, 5) is 4.66. The van der Waals surface area contributed by atoms with E-state index in [9.17, 15) is 13.7 Å². The number of unbranched alkanes of at least 4 members (excludes halogenated alkanes) is 1. The fourth-order valence-corrected chi connectivity index (χ4v) is 3.97. The number of sulfonamides is 1. The molecule has 1 aromatic heterocycles. The highest BCUT2D eigenvalue weighted by Crippen LogP contribution is 2.33. The van der Waals surface area contributed by atoms with Gasteiger partial charge in [-0.3, -0.25) is 4.72 Å². The summed E-state index contributed by atoms with van der Waals surface area (Å²) >= 11 is 0. The third-order valence-electron chi connectivity index (χ3n) is 4.43. The van der Waals surface area contributed by atoms with Crippen molar-refractivity contribution in [2.45, 2.75) is 31.6 Å². The van der Waals surface area contributed by atoms with Crippen LogP contribution >= 0.6 is 0 Å². The van der Waals surface area contributed by atoms with Crippen molar-refractivity contribution in [3.63, 3.8) is 0 Å². The Balaban J connectivity index is 2.11. The van der Waals surface area contributed by atoms with E-state index >= 15 is 0 Å². The van der Waals surface area contributed by atoms with Crippen molar-refractivity contribution in [3.05, 3.63) is 71.8 Å². The fraction of sp³-hybridized carbons (Fsp3) is 0.217. The largest absolute Gasteiger partial charge is 0.477 e. The Morgan fingerprint density at radius 3 is 2.53 bits per heavy atom. The Morgan fingerprint density at radius 1 is 1.10 bits per heavy atom. The molecule has 6 nitrogen and oxygen atoms in total. The molecule has 3 aromatic rings. The van der Waals surface area contributed by atoms with E-state index in [0.717, 1.165) is 24.0 Å². The molecule has 0 spiro atoms. The highest BCUT2D eigenvalue weighted by molar-refractivity contribution is 7.92. The minimum Gasteiger partial charge on any atom is -0.477 e. The number of nitrogens with zero attached hydrogens (tertiary/aromatic N) is 2. The second-order valence-corrected chi connectivity index (χ2v) is 8.52. The van der Waals surface area contributed by atoms with E-state index in [1.807, 2.05) is 38.1 Å². The maximum absolute atomic E-state index is 12.9. The number of nitriles is 1. The molecule has 7 heteroatoms. The molecule has 0 radical (unpaired) electrons. The Hall–Kier alpha value is -3.37. The lowest BCUT2D eigenvalue weighted by molar-refractivity contribution is 0.297.